The van der Waals surface area contributed by atoms with Crippen LogP contribution in [0.1, 0.15) is 25.0 Å². The first-order valence-corrected chi connectivity index (χ1v) is 8.53. The van der Waals surface area contributed by atoms with Gasteiger partial charge in [0.15, 0.2) is 0 Å². The van der Waals surface area contributed by atoms with Gasteiger partial charge < -0.3 is 10.1 Å². The monoisotopic (exact) mass is 364 g/mol. The molecule has 138 valence electrons. The number of carbonyl (C=O) groups excluding carboxylic acids is 3. The number of imide groups is 1. The molecule has 6 nitrogen and oxygen atoms in total. The smallest absolute Gasteiger partial charge is 0.331 e. The maximum absolute atomic E-state index is 12.5. The molecule has 0 aromatic heterocycles. The molecule has 27 heavy (non-hydrogen) atoms. The van der Waals surface area contributed by atoms with Crippen molar-refractivity contribution in [2.75, 3.05) is 4.90 Å². The van der Waals surface area contributed by atoms with Crippen molar-refractivity contribution < 1.29 is 19.1 Å². The van der Waals surface area contributed by atoms with Crippen LogP contribution in [0.25, 0.3) is 6.08 Å². The number of rotatable bonds is 5. The van der Waals surface area contributed by atoms with Gasteiger partial charge in [-0.1, -0.05) is 48.5 Å². The molecule has 2 aromatic carbocycles. The topological polar surface area (TPSA) is 75.7 Å². The van der Waals surface area contributed by atoms with Crippen molar-refractivity contribution >= 4 is 29.7 Å². The van der Waals surface area contributed by atoms with Crippen molar-refractivity contribution in [2.45, 2.75) is 26.0 Å². The second kappa shape index (κ2) is 7.45. The molecule has 0 radical (unpaired) electrons. The Hall–Kier alpha value is -3.41. The SMILES string of the molecule is CC1(C)NC(=O)N(c2ccccc2/C=C/C(=O)OCc2ccccc2)C1=O. The molecule has 0 unspecified atom stereocenters. The Kier molecular flexibility index (Phi) is 5.07. The fraction of sp³-hybridized carbons (Fsp3) is 0.190. The molecule has 0 spiro atoms. The van der Waals surface area contributed by atoms with Crippen LogP contribution in [0, 0.1) is 0 Å². The van der Waals surface area contributed by atoms with Gasteiger partial charge in [-0.05, 0) is 37.1 Å². The molecule has 2 aromatic rings. The number of ether oxygens (including phenoxy) is 1. The van der Waals surface area contributed by atoms with Crippen LogP contribution >= 0.6 is 0 Å². The van der Waals surface area contributed by atoms with Gasteiger partial charge in [0.25, 0.3) is 5.91 Å². The fourth-order valence-electron chi connectivity index (χ4n) is 2.73. The Morgan fingerprint density at radius 3 is 2.41 bits per heavy atom. The Labute approximate surface area is 157 Å². The summed E-state index contributed by atoms with van der Waals surface area (Å²) >= 11 is 0. The number of nitrogens with one attached hydrogen (secondary N) is 1. The summed E-state index contributed by atoms with van der Waals surface area (Å²) in [5.74, 6) is -0.855. The number of benzene rings is 2. The predicted octanol–water partition coefficient (Wildman–Crippen LogP) is 3.28. The molecule has 0 bridgehead atoms. The van der Waals surface area contributed by atoms with Crippen molar-refractivity contribution in [3.05, 3.63) is 71.8 Å². The van der Waals surface area contributed by atoms with Gasteiger partial charge >= 0.3 is 12.0 Å². The van der Waals surface area contributed by atoms with Crippen LogP contribution in [0.3, 0.4) is 0 Å². The van der Waals surface area contributed by atoms with E-state index in [1.165, 1.54) is 12.2 Å². The Morgan fingerprint density at radius 2 is 1.74 bits per heavy atom. The summed E-state index contributed by atoms with van der Waals surface area (Å²) in [6, 6.07) is 15.8. The van der Waals surface area contributed by atoms with Gasteiger partial charge in [0.2, 0.25) is 0 Å². The van der Waals surface area contributed by atoms with E-state index < -0.39 is 17.5 Å². The first kappa shape index (κ1) is 18.4. The normalized spacial score (nSPS) is 15.9. The zero-order valence-corrected chi connectivity index (χ0v) is 15.1. The Morgan fingerprint density at radius 1 is 1.07 bits per heavy atom. The highest BCUT2D eigenvalue weighted by Crippen LogP contribution is 2.28. The molecule has 0 aliphatic carbocycles. The average Bonchev–Trinajstić information content (AvgIpc) is 2.86. The van der Waals surface area contributed by atoms with E-state index in [1.807, 2.05) is 30.3 Å². The largest absolute Gasteiger partial charge is 0.458 e. The van der Waals surface area contributed by atoms with Crippen LogP contribution in [-0.2, 0) is 20.9 Å². The highest BCUT2D eigenvalue weighted by Gasteiger charge is 2.45. The molecule has 0 saturated carbocycles. The van der Waals surface area contributed by atoms with Gasteiger partial charge in [-0.3, -0.25) is 4.79 Å². The van der Waals surface area contributed by atoms with Crippen molar-refractivity contribution in [2.24, 2.45) is 0 Å². The number of amides is 3. The molecule has 1 heterocycles. The van der Waals surface area contributed by atoms with Gasteiger partial charge in [0.1, 0.15) is 12.1 Å². The molecule has 1 fully saturated rings. The quantitative estimate of drug-likeness (QED) is 0.502. The number of esters is 1. The molecule has 6 heteroatoms. The van der Waals surface area contributed by atoms with Crippen molar-refractivity contribution in [1.82, 2.24) is 5.32 Å². The summed E-state index contributed by atoms with van der Waals surface area (Å²) in [6.07, 6.45) is 2.82. The minimum atomic E-state index is -0.970. The van der Waals surface area contributed by atoms with Crippen molar-refractivity contribution in [1.29, 1.82) is 0 Å². The predicted molar refractivity (Wildman–Crippen MR) is 102 cm³/mol. The first-order valence-electron chi connectivity index (χ1n) is 8.53. The maximum atomic E-state index is 12.5. The van der Waals surface area contributed by atoms with E-state index in [-0.39, 0.29) is 12.5 Å². The minimum absolute atomic E-state index is 0.173. The molecular formula is C21H20N2O4. The Bertz CT molecular complexity index is 903. The van der Waals surface area contributed by atoms with Crippen molar-refractivity contribution in [3.63, 3.8) is 0 Å². The third-order valence-electron chi connectivity index (χ3n) is 4.16. The van der Waals surface area contributed by atoms with Crippen LogP contribution < -0.4 is 10.2 Å². The first-order chi connectivity index (χ1) is 12.9. The lowest BCUT2D eigenvalue weighted by Gasteiger charge is -2.17. The summed E-state index contributed by atoms with van der Waals surface area (Å²) in [5, 5.41) is 2.64. The van der Waals surface area contributed by atoms with Gasteiger partial charge in [0, 0.05) is 6.08 Å². The van der Waals surface area contributed by atoms with E-state index in [0.717, 1.165) is 10.5 Å². The highest BCUT2D eigenvalue weighted by molar-refractivity contribution is 6.23. The number of hydrogen-bond acceptors (Lipinski definition) is 4. The summed E-state index contributed by atoms with van der Waals surface area (Å²) < 4.78 is 5.20. The van der Waals surface area contributed by atoms with Crippen LogP contribution in [0.15, 0.2) is 60.7 Å². The Balaban J connectivity index is 1.74. The average molecular weight is 364 g/mol. The molecule has 1 aliphatic rings. The number of para-hydroxylation sites is 1. The van der Waals surface area contributed by atoms with Crippen LogP contribution in [0.5, 0.6) is 0 Å². The third kappa shape index (κ3) is 4.06. The van der Waals surface area contributed by atoms with Crippen LogP contribution in [0.4, 0.5) is 10.5 Å². The molecule has 3 rings (SSSR count). The number of hydrogen-bond donors (Lipinski definition) is 1. The van der Waals surface area contributed by atoms with E-state index in [9.17, 15) is 14.4 Å². The van der Waals surface area contributed by atoms with Crippen LogP contribution in [0.2, 0.25) is 0 Å². The van der Waals surface area contributed by atoms with E-state index in [4.69, 9.17) is 4.74 Å². The molecule has 1 N–H and O–H groups in total. The van der Waals surface area contributed by atoms with Crippen molar-refractivity contribution in [3.8, 4) is 0 Å². The number of carbonyl (C=O) groups is 3. The van der Waals surface area contributed by atoms with E-state index >= 15 is 0 Å². The number of nitrogens with zero attached hydrogens (tertiary/aromatic N) is 1. The van der Waals surface area contributed by atoms with Crippen LogP contribution in [-0.4, -0.2) is 23.4 Å². The van der Waals surface area contributed by atoms with Gasteiger partial charge in [-0.25, -0.2) is 14.5 Å². The lowest BCUT2D eigenvalue weighted by Crippen LogP contribution is -2.40. The van der Waals surface area contributed by atoms with Gasteiger partial charge in [-0.15, -0.1) is 0 Å². The molecule has 1 saturated heterocycles. The minimum Gasteiger partial charge on any atom is -0.458 e. The summed E-state index contributed by atoms with van der Waals surface area (Å²) in [4.78, 5) is 37.8. The number of urea groups is 1. The maximum Gasteiger partial charge on any atom is 0.331 e. The molecular weight excluding hydrogens is 344 g/mol. The second-order valence-corrected chi connectivity index (χ2v) is 6.68. The lowest BCUT2D eigenvalue weighted by atomic mass is 10.1. The summed E-state index contributed by atoms with van der Waals surface area (Å²) in [6.45, 7) is 3.46. The van der Waals surface area contributed by atoms with Gasteiger partial charge in [0.05, 0.1) is 5.69 Å². The summed E-state index contributed by atoms with van der Waals surface area (Å²) in [7, 11) is 0. The zero-order valence-electron chi connectivity index (χ0n) is 15.1. The summed E-state index contributed by atoms with van der Waals surface area (Å²) in [5.41, 5.74) is 0.900. The van der Waals surface area contributed by atoms with E-state index in [2.05, 4.69) is 5.32 Å². The third-order valence-corrected chi connectivity index (χ3v) is 4.16. The zero-order chi connectivity index (χ0) is 19.4. The molecule has 3 amide bonds. The standard InChI is InChI=1S/C21H20N2O4/c1-21(2)19(25)23(20(26)22-21)17-11-7-6-10-16(17)12-13-18(24)27-14-15-8-4-3-5-9-15/h3-13H,14H2,1-2H3,(H,22,26)/b13-12+. The van der Waals surface area contributed by atoms with Gasteiger partial charge in [-0.2, -0.15) is 0 Å². The number of anilines is 1. The highest BCUT2D eigenvalue weighted by atomic mass is 16.5. The lowest BCUT2D eigenvalue weighted by molar-refractivity contribution is -0.138. The molecule has 1 aliphatic heterocycles. The van der Waals surface area contributed by atoms with E-state index in [1.54, 1.807) is 38.1 Å². The fourth-order valence-corrected chi connectivity index (χ4v) is 2.73. The van der Waals surface area contributed by atoms with E-state index in [0.29, 0.717) is 11.3 Å². The second-order valence-electron chi connectivity index (χ2n) is 6.68. The molecule has 0 atom stereocenters.